The molecule has 0 unspecified atom stereocenters. The SMILES string of the molecule is c1ccc(-c2ccc(N3C[C@H]4CN(Cc5ccncc5)C[C@H]4C3)nn2)cc1. The first kappa shape index (κ1) is 16.4. The van der Waals surface area contributed by atoms with Crippen LogP contribution in [0.1, 0.15) is 5.56 Å². The van der Waals surface area contributed by atoms with Crippen molar-refractivity contribution in [2.75, 3.05) is 31.1 Å². The van der Waals surface area contributed by atoms with Gasteiger partial charge in [-0.2, -0.15) is 0 Å². The van der Waals surface area contributed by atoms with Gasteiger partial charge in [0.15, 0.2) is 5.82 Å². The van der Waals surface area contributed by atoms with Gasteiger partial charge in [-0.1, -0.05) is 30.3 Å². The van der Waals surface area contributed by atoms with E-state index in [9.17, 15) is 0 Å². The number of hydrogen-bond acceptors (Lipinski definition) is 5. The van der Waals surface area contributed by atoms with Gasteiger partial charge in [0.1, 0.15) is 0 Å². The highest BCUT2D eigenvalue weighted by atomic mass is 15.3. The molecule has 0 N–H and O–H groups in total. The zero-order valence-corrected chi connectivity index (χ0v) is 15.3. The standard InChI is InChI=1S/C22H23N5/c1-2-4-18(5-3-1)21-6-7-22(25-24-21)27-15-19-13-26(14-20(19)16-27)12-17-8-10-23-11-9-17/h1-11,19-20H,12-16H2/t19-,20+. The van der Waals surface area contributed by atoms with Gasteiger partial charge in [0.25, 0.3) is 0 Å². The van der Waals surface area contributed by atoms with Crippen LogP contribution >= 0.6 is 0 Å². The fourth-order valence-corrected chi connectivity index (χ4v) is 4.41. The highest BCUT2D eigenvalue weighted by Crippen LogP contribution is 2.34. The minimum absolute atomic E-state index is 0.724. The van der Waals surface area contributed by atoms with Gasteiger partial charge < -0.3 is 4.90 Å². The molecule has 1 aromatic carbocycles. The molecule has 136 valence electrons. The van der Waals surface area contributed by atoms with E-state index in [1.165, 1.54) is 18.7 Å². The summed E-state index contributed by atoms with van der Waals surface area (Å²) in [7, 11) is 0. The molecule has 0 bridgehead atoms. The summed E-state index contributed by atoms with van der Waals surface area (Å²) in [4.78, 5) is 9.09. The lowest BCUT2D eigenvalue weighted by Crippen LogP contribution is -2.29. The molecule has 2 aliphatic heterocycles. The number of hydrogen-bond donors (Lipinski definition) is 0. The number of rotatable bonds is 4. The molecule has 0 aliphatic carbocycles. The van der Waals surface area contributed by atoms with Crippen LogP contribution in [0, 0.1) is 11.8 Å². The van der Waals surface area contributed by atoms with Gasteiger partial charge in [-0.05, 0) is 41.7 Å². The molecule has 2 saturated heterocycles. The van der Waals surface area contributed by atoms with Gasteiger partial charge in [0.05, 0.1) is 5.69 Å². The Balaban J connectivity index is 1.21. The topological polar surface area (TPSA) is 45.2 Å². The number of benzene rings is 1. The highest BCUT2D eigenvalue weighted by molar-refractivity contribution is 5.59. The molecule has 2 atom stereocenters. The van der Waals surface area contributed by atoms with E-state index in [1.807, 2.05) is 30.6 Å². The van der Waals surface area contributed by atoms with Crippen LogP contribution < -0.4 is 4.90 Å². The van der Waals surface area contributed by atoms with Crippen molar-refractivity contribution in [2.24, 2.45) is 11.8 Å². The maximum atomic E-state index is 4.51. The van der Waals surface area contributed by atoms with E-state index >= 15 is 0 Å². The second-order valence-corrected chi connectivity index (χ2v) is 7.62. The van der Waals surface area contributed by atoms with Gasteiger partial charge in [-0.25, -0.2) is 0 Å². The molecule has 2 aromatic heterocycles. The van der Waals surface area contributed by atoms with Crippen LogP contribution in [0.3, 0.4) is 0 Å². The average Bonchev–Trinajstić information content (AvgIpc) is 3.28. The Bertz CT molecular complexity index is 868. The normalized spacial score (nSPS) is 22.1. The van der Waals surface area contributed by atoms with Crippen molar-refractivity contribution in [2.45, 2.75) is 6.54 Å². The molecule has 5 nitrogen and oxygen atoms in total. The van der Waals surface area contributed by atoms with E-state index < -0.39 is 0 Å². The molecule has 5 heteroatoms. The predicted molar refractivity (Wildman–Crippen MR) is 106 cm³/mol. The number of anilines is 1. The molecular weight excluding hydrogens is 334 g/mol. The lowest BCUT2D eigenvalue weighted by molar-refractivity contribution is 0.308. The first-order valence-corrected chi connectivity index (χ1v) is 9.60. The zero-order chi connectivity index (χ0) is 18.1. The molecule has 5 rings (SSSR count). The third kappa shape index (κ3) is 3.43. The van der Waals surface area contributed by atoms with E-state index in [0.29, 0.717) is 0 Å². The van der Waals surface area contributed by atoms with Crippen LogP contribution in [0.15, 0.2) is 67.0 Å². The summed E-state index contributed by atoms with van der Waals surface area (Å²) in [5.41, 5.74) is 3.40. The maximum absolute atomic E-state index is 4.51. The highest BCUT2D eigenvalue weighted by Gasteiger charge is 2.40. The minimum Gasteiger partial charge on any atom is -0.354 e. The molecular formula is C22H23N5. The number of aromatic nitrogens is 3. The number of likely N-dealkylation sites (tertiary alicyclic amines) is 1. The molecule has 4 heterocycles. The quantitative estimate of drug-likeness (QED) is 0.718. The molecule has 27 heavy (non-hydrogen) atoms. The average molecular weight is 357 g/mol. The Morgan fingerprint density at radius 1 is 0.778 bits per heavy atom. The summed E-state index contributed by atoms with van der Waals surface area (Å²) in [6.45, 7) is 5.52. The second-order valence-electron chi connectivity index (χ2n) is 7.62. The predicted octanol–water partition coefficient (Wildman–Crippen LogP) is 3.11. The Morgan fingerprint density at radius 3 is 2.19 bits per heavy atom. The molecule has 3 aromatic rings. The molecule has 2 fully saturated rings. The first-order valence-electron chi connectivity index (χ1n) is 9.60. The minimum atomic E-state index is 0.724. The Kier molecular flexibility index (Phi) is 4.30. The van der Waals surface area contributed by atoms with Crippen molar-refractivity contribution in [3.05, 3.63) is 72.6 Å². The molecule has 2 aliphatic rings. The molecule has 0 radical (unpaired) electrons. The summed E-state index contributed by atoms with van der Waals surface area (Å²) >= 11 is 0. The fraction of sp³-hybridized carbons (Fsp3) is 0.318. The van der Waals surface area contributed by atoms with Crippen molar-refractivity contribution in [1.29, 1.82) is 0 Å². The third-order valence-corrected chi connectivity index (χ3v) is 5.76. The fourth-order valence-electron chi connectivity index (χ4n) is 4.41. The van der Waals surface area contributed by atoms with Crippen LogP contribution in [0.2, 0.25) is 0 Å². The summed E-state index contributed by atoms with van der Waals surface area (Å²) in [6.07, 6.45) is 3.76. The van der Waals surface area contributed by atoms with Crippen molar-refractivity contribution in [1.82, 2.24) is 20.1 Å². The van der Waals surface area contributed by atoms with Crippen LogP contribution in [-0.2, 0) is 6.54 Å². The number of fused-ring (bicyclic) bond motifs is 1. The van der Waals surface area contributed by atoms with Crippen LogP contribution in [-0.4, -0.2) is 46.3 Å². The molecule has 0 saturated carbocycles. The number of nitrogens with zero attached hydrogens (tertiary/aromatic N) is 5. The van der Waals surface area contributed by atoms with Gasteiger partial charge in [-0.3, -0.25) is 9.88 Å². The van der Waals surface area contributed by atoms with Gasteiger partial charge in [-0.15, -0.1) is 10.2 Å². The van der Waals surface area contributed by atoms with Crippen molar-refractivity contribution in [3.8, 4) is 11.3 Å². The lowest BCUT2D eigenvalue weighted by Gasteiger charge is -2.22. The van der Waals surface area contributed by atoms with Crippen molar-refractivity contribution < 1.29 is 0 Å². The van der Waals surface area contributed by atoms with Gasteiger partial charge in [0.2, 0.25) is 0 Å². The van der Waals surface area contributed by atoms with Crippen molar-refractivity contribution >= 4 is 5.82 Å². The second kappa shape index (κ2) is 7.08. The summed E-state index contributed by atoms with van der Waals surface area (Å²) in [5, 5.41) is 8.96. The van der Waals surface area contributed by atoms with Gasteiger partial charge in [0, 0.05) is 50.7 Å². The third-order valence-electron chi connectivity index (χ3n) is 5.76. The summed E-state index contributed by atoms with van der Waals surface area (Å²) < 4.78 is 0. The van der Waals surface area contributed by atoms with Crippen LogP contribution in [0.5, 0.6) is 0 Å². The number of pyridine rings is 1. The van der Waals surface area contributed by atoms with Gasteiger partial charge >= 0.3 is 0 Å². The smallest absolute Gasteiger partial charge is 0.151 e. The summed E-state index contributed by atoms with van der Waals surface area (Å²) in [6, 6.07) is 18.7. The molecule has 0 spiro atoms. The van der Waals surface area contributed by atoms with E-state index in [4.69, 9.17) is 0 Å². The Hall–Kier alpha value is -2.79. The largest absolute Gasteiger partial charge is 0.354 e. The first-order chi connectivity index (χ1) is 13.3. The van der Waals surface area contributed by atoms with Crippen LogP contribution in [0.25, 0.3) is 11.3 Å². The van der Waals surface area contributed by atoms with E-state index in [2.05, 4.69) is 61.4 Å². The van der Waals surface area contributed by atoms with Crippen molar-refractivity contribution in [3.63, 3.8) is 0 Å². The zero-order valence-electron chi connectivity index (χ0n) is 15.3. The van der Waals surface area contributed by atoms with E-state index in [1.54, 1.807) is 0 Å². The monoisotopic (exact) mass is 357 g/mol. The van der Waals surface area contributed by atoms with Crippen LogP contribution in [0.4, 0.5) is 5.82 Å². The van der Waals surface area contributed by atoms with E-state index in [0.717, 1.165) is 48.5 Å². The van der Waals surface area contributed by atoms with E-state index in [-0.39, 0.29) is 0 Å². The Labute approximate surface area is 159 Å². The maximum Gasteiger partial charge on any atom is 0.151 e. The summed E-state index contributed by atoms with van der Waals surface area (Å²) in [5.74, 6) is 2.45. The lowest BCUT2D eigenvalue weighted by atomic mass is 10.0. The molecule has 0 amide bonds. The Morgan fingerprint density at radius 2 is 1.52 bits per heavy atom.